The molecular weight excluding hydrogens is 309 g/mol. The third-order valence-corrected chi connectivity index (χ3v) is 6.01. The molecular formula is C19H24FNO3. The number of hydrogen-bond acceptors (Lipinski definition) is 3. The van der Waals surface area contributed by atoms with Gasteiger partial charge in [-0.05, 0) is 61.6 Å². The van der Waals surface area contributed by atoms with Crippen molar-refractivity contribution >= 4 is 5.97 Å². The first-order chi connectivity index (χ1) is 11.5. The molecule has 4 rings (SSSR count). The predicted molar refractivity (Wildman–Crippen MR) is 89.6 cm³/mol. The molecule has 3 saturated carbocycles. The van der Waals surface area contributed by atoms with Crippen molar-refractivity contribution in [1.29, 1.82) is 0 Å². The summed E-state index contributed by atoms with van der Waals surface area (Å²) >= 11 is 0. The van der Waals surface area contributed by atoms with Gasteiger partial charge in [-0.15, -0.1) is 0 Å². The van der Waals surface area contributed by atoms with Crippen molar-refractivity contribution in [1.82, 2.24) is 0 Å². The highest BCUT2D eigenvalue weighted by Crippen LogP contribution is 2.57. The Labute approximate surface area is 141 Å². The van der Waals surface area contributed by atoms with Crippen molar-refractivity contribution in [3.8, 4) is 5.75 Å². The summed E-state index contributed by atoms with van der Waals surface area (Å²) in [6.45, 7) is 0.293. The van der Waals surface area contributed by atoms with Gasteiger partial charge in [0.2, 0.25) is 0 Å². The maximum absolute atomic E-state index is 12.5. The summed E-state index contributed by atoms with van der Waals surface area (Å²) in [6, 6.07) is 7.94. The molecule has 1 aromatic rings. The van der Waals surface area contributed by atoms with E-state index in [4.69, 9.17) is 10.5 Å². The van der Waals surface area contributed by atoms with E-state index in [2.05, 4.69) is 12.1 Å². The molecule has 0 spiro atoms. The fourth-order valence-electron chi connectivity index (χ4n) is 4.16. The number of carboxylic acid groups (broad SMARTS) is 1. The monoisotopic (exact) mass is 333 g/mol. The first-order valence-electron chi connectivity index (χ1n) is 8.49. The lowest BCUT2D eigenvalue weighted by Gasteiger charge is -2.51. The molecule has 0 saturated heterocycles. The third-order valence-electron chi connectivity index (χ3n) is 6.01. The topological polar surface area (TPSA) is 72.5 Å². The average Bonchev–Trinajstić information content (AvgIpc) is 2.64. The Morgan fingerprint density at radius 1 is 1.17 bits per heavy atom. The highest BCUT2D eigenvalue weighted by Gasteiger charge is 2.53. The van der Waals surface area contributed by atoms with Gasteiger partial charge in [0, 0.05) is 12.1 Å². The Morgan fingerprint density at radius 3 is 2.21 bits per heavy atom. The number of benzene rings is 1. The van der Waals surface area contributed by atoms with E-state index in [1.807, 2.05) is 12.1 Å². The highest BCUT2D eigenvalue weighted by atomic mass is 19.1. The zero-order chi connectivity index (χ0) is 17.2. The van der Waals surface area contributed by atoms with Gasteiger partial charge in [-0.1, -0.05) is 12.1 Å². The number of hydrogen-bond donors (Lipinski definition) is 2. The van der Waals surface area contributed by atoms with Gasteiger partial charge in [0.15, 0.2) is 0 Å². The number of nitrogens with two attached hydrogens (primary N) is 1. The fourth-order valence-corrected chi connectivity index (χ4v) is 4.16. The third kappa shape index (κ3) is 2.93. The first kappa shape index (κ1) is 17.0. The maximum atomic E-state index is 12.5. The van der Waals surface area contributed by atoms with E-state index in [9.17, 15) is 14.3 Å². The summed E-state index contributed by atoms with van der Waals surface area (Å²) in [4.78, 5) is 11.5. The smallest absolute Gasteiger partial charge is 0.309 e. The van der Waals surface area contributed by atoms with E-state index in [1.165, 1.54) is 5.56 Å². The normalized spacial score (nSPS) is 29.5. The van der Waals surface area contributed by atoms with Crippen molar-refractivity contribution in [2.75, 3.05) is 13.2 Å². The first-order valence-corrected chi connectivity index (χ1v) is 8.49. The van der Waals surface area contributed by atoms with E-state index in [0.717, 1.165) is 38.5 Å². The van der Waals surface area contributed by atoms with Gasteiger partial charge in [-0.2, -0.15) is 0 Å². The van der Waals surface area contributed by atoms with E-state index >= 15 is 0 Å². The van der Waals surface area contributed by atoms with Crippen LogP contribution in [0.4, 0.5) is 4.39 Å². The Balaban J connectivity index is 1.68. The summed E-state index contributed by atoms with van der Waals surface area (Å²) in [5, 5.41) is 9.49. The van der Waals surface area contributed by atoms with Crippen LogP contribution in [0.3, 0.4) is 0 Å². The molecule has 0 atom stereocenters. The van der Waals surface area contributed by atoms with Gasteiger partial charge in [0.05, 0.1) is 11.7 Å². The van der Waals surface area contributed by atoms with Gasteiger partial charge >= 0.3 is 5.97 Å². The molecule has 130 valence electrons. The van der Waals surface area contributed by atoms with Crippen LogP contribution < -0.4 is 10.5 Å². The van der Waals surface area contributed by atoms with E-state index in [0.29, 0.717) is 17.7 Å². The summed E-state index contributed by atoms with van der Waals surface area (Å²) in [5.74, 6) is 0.0608. The van der Waals surface area contributed by atoms with Gasteiger partial charge in [0.1, 0.15) is 12.4 Å². The van der Waals surface area contributed by atoms with Gasteiger partial charge in [-0.25, -0.2) is 4.39 Å². The number of carbonyl (C=O) groups is 1. The second-order valence-electron chi connectivity index (χ2n) is 7.15. The van der Waals surface area contributed by atoms with Gasteiger partial charge in [-0.3, -0.25) is 4.79 Å². The fraction of sp³-hybridized carbons (Fsp3) is 0.526. The second kappa shape index (κ2) is 6.55. The molecule has 0 aromatic heterocycles. The van der Waals surface area contributed by atoms with Crippen LogP contribution in [-0.4, -0.2) is 24.2 Å². The largest absolute Gasteiger partial charge is 0.489 e. The van der Waals surface area contributed by atoms with Crippen LogP contribution in [0.1, 0.15) is 44.1 Å². The van der Waals surface area contributed by atoms with Crippen LogP contribution in [0, 0.1) is 5.41 Å². The SMILES string of the molecule is NC/C(=C\F)COc1ccc(C23CCC(C(=O)O)(CC2)CC3)cc1. The zero-order valence-corrected chi connectivity index (χ0v) is 13.8. The summed E-state index contributed by atoms with van der Waals surface area (Å²) in [5.41, 5.74) is 6.71. The van der Waals surface area contributed by atoms with Crippen molar-refractivity contribution in [3.05, 3.63) is 41.7 Å². The molecule has 0 aliphatic heterocycles. The van der Waals surface area contributed by atoms with Crippen molar-refractivity contribution in [2.24, 2.45) is 11.1 Å². The van der Waals surface area contributed by atoms with Crippen LogP contribution in [0.2, 0.25) is 0 Å². The minimum Gasteiger partial charge on any atom is -0.489 e. The van der Waals surface area contributed by atoms with Gasteiger partial charge in [0.25, 0.3) is 0 Å². The Hall–Kier alpha value is -1.88. The molecule has 3 aliphatic rings. The quantitative estimate of drug-likeness (QED) is 0.835. The Bertz CT molecular complexity index is 614. The molecule has 3 fully saturated rings. The molecule has 5 heteroatoms. The number of ether oxygens (including phenoxy) is 1. The van der Waals surface area contributed by atoms with E-state index < -0.39 is 11.4 Å². The van der Waals surface area contributed by atoms with Crippen LogP contribution in [0.5, 0.6) is 5.75 Å². The number of aliphatic carboxylic acids is 1. The summed E-state index contributed by atoms with van der Waals surface area (Å²) in [6.07, 6.45) is 5.58. The van der Waals surface area contributed by atoms with Crippen LogP contribution in [-0.2, 0) is 10.2 Å². The predicted octanol–water partition coefficient (Wildman–Crippen LogP) is 3.55. The van der Waals surface area contributed by atoms with Crippen molar-refractivity contribution < 1.29 is 19.0 Å². The lowest BCUT2D eigenvalue weighted by Crippen LogP contribution is -2.47. The lowest BCUT2D eigenvalue weighted by atomic mass is 9.52. The minimum absolute atomic E-state index is 0.108. The number of halogens is 1. The molecule has 3 N–H and O–H groups in total. The summed E-state index contributed by atoms with van der Waals surface area (Å²) in [7, 11) is 0. The maximum Gasteiger partial charge on any atom is 0.309 e. The summed E-state index contributed by atoms with van der Waals surface area (Å²) < 4.78 is 18.0. The average molecular weight is 333 g/mol. The number of fused-ring (bicyclic) bond motifs is 3. The molecule has 0 unspecified atom stereocenters. The molecule has 0 radical (unpaired) electrons. The molecule has 0 heterocycles. The Morgan fingerprint density at radius 2 is 1.75 bits per heavy atom. The lowest BCUT2D eigenvalue weighted by molar-refractivity contribution is -0.156. The van der Waals surface area contributed by atoms with Crippen LogP contribution in [0.25, 0.3) is 0 Å². The van der Waals surface area contributed by atoms with Crippen LogP contribution >= 0.6 is 0 Å². The number of rotatable bonds is 6. The zero-order valence-electron chi connectivity index (χ0n) is 13.8. The molecule has 3 aliphatic carbocycles. The minimum atomic E-state index is -0.629. The highest BCUT2D eigenvalue weighted by molar-refractivity contribution is 5.75. The molecule has 0 amide bonds. The van der Waals surface area contributed by atoms with Crippen molar-refractivity contribution in [2.45, 2.75) is 43.9 Å². The molecule has 4 nitrogen and oxygen atoms in total. The Kier molecular flexibility index (Phi) is 4.63. The second-order valence-corrected chi connectivity index (χ2v) is 7.15. The molecule has 2 bridgehead atoms. The molecule has 1 aromatic carbocycles. The van der Waals surface area contributed by atoms with Crippen LogP contribution in [0.15, 0.2) is 36.2 Å². The van der Waals surface area contributed by atoms with Crippen molar-refractivity contribution in [3.63, 3.8) is 0 Å². The number of carboxylic acids is 1. The van der Waals surface area contributed by atoms with E-state index in [-0.39, 0.29) is 18.6 Å². The standard InChI is InChI=1S/C19H24FNO3/c20-11-14(12-21)13-24-16-3-1-15(2-4-16)18-5-8-19(9-6-18,10-7-18)17(22)23/h1-4,11H,5-10,12-13,21H2,(H,22,23)/b14-11+. The van der Waals surface area contributed by atoms with Gasteiger partial charge < -0.3 is 15.6 Å². The molecule has 24 heavy (non-hydrogen) atoms. The van der Waals surface area contributed by atoms with E-state index in [1.54, 1.807) is 0 Å².